The Morgan fingerprint density at radius 2 is 1.95 bits per heavy atom. The van der Waals surface area contributed by atoms with Gasteiger partial charge in [0.2, 0.25) is 0 Å². The summed E-state index contributed by atoms with van der Waals surface area (Å²) >= 11 is 0. The van der Waals surface area contributed by atoms with Crippen LogP contribution in [0.3, 0.4) is 0 Å². The first-order valence-corrected chi connectivity index (χ1v) is 8.78. The van der Waals surface area contributed by atoms with E-state index in [2.05, 4.69) is 49.9 Å². The van der Waals surface area contributed by atoms with Crippen molar-refractivity contribution >= 4 is 0 Å². The van der Waals surface area contributed by atoms with Crippen molar-refractivity contribution in [1.29, 1.82) is 0 Å². The Hall–Kier alpha value is -0.120. The Balaban J connectivity index is 2.63. The highest BCUT2D eigenvalue weighted by molar-refractivity contribution is 4.83. The number of nitrogens with zero attached hydrogens (tertiary/aromatic N) is 2. The lowest BCUT2D eigenvalue weighted by Gasteiger charge is -2.35. The molecule has 1 rings (SSSR count). The lowest BCUT2D eigenvalue weighted by Crippen LogP contribution is -2.49. The maximum Gasteiger partial charge on any atom is 0.0221 e. The van der Waals surface area contributed by atoms with Crippen LogP contribution in [0.4, 0.5) is 0 Å². The summed E-state index contributed by atoms with van der Waals surface area (Å²) in [7, 11) is 2.27. The molecule has 1 N–H and O–H groups in total. The van der Waals surface area contributed by atoms with Gasteiger partial charge in [-0.1, -0.05) is 34.1 Å². The Kier molecular flexibility index (Phi) is 8.74. The topological polar surface area (TPSA) is 18.5 Å². The molecule has 1 fully saturated rings. The fourth-order valence-corrected chi connectivity index (χ4v) is 3.23. The van der Waals surface area contributed by atoms with E-state index in [9.17, 15) is 0 Å². The maximum absolute atomic E-state index is 3.79. The van der Waals surface area contributed by atoms with E-state index in [1.807, 2.05) is 0 Å². The van der Waals surface area contributed by atoms with E-state index in [4.69, 9.17) is 0 Å². The number of rotatable bonds is 8. The Morgan fingerprint density at radius 3 is 2.55 bits per heavy atom. The zero-order valence-electron chi connectivity index (χ0n) is 14.5. The largest absolute Gasteiger partial charge is 0.312 e. The quantitative estimate of drug-likeness (QED) is 0.739. The monoisotopic (exact) mass is 283 g/mol. The first-order chi connectivity index (χ1) is 9.62. The smallest absolute Gasteiger partial charge is 0.0221 e. The predicted molar refractivity (Wildman–Crippen MR) is 89.3 cm³/mol. The third-order valence-electron chi connectivity index (χ3n) is 4.91. The normalized spacial score (nSPS) is 25.4. The van der Waals surface area contributed by atoms with Crippen molar-refractivity contribution in [2.45, 2.75) is 65.5 Å². The molecule has 0 saturated carbocycles. The summed E-state index contributed by atoms with van der Waals surface area (Å²) in [6, 6.07) is 1.38. The van der Waals surface area contributed by atoms with Gasteiger partial charge in [-0.15, -0.1) is 0 Å². The molecule has 0 aromatic heterocycles. The molecule has 1 aliphatic rings. The highest BCUT2D eigenvalue weighted by Crippen LogP contribution is 2.16. The average Bonchev–Trinajstić information content (AvgIpc) is 2.63. The van der Waals surface area contributed by atoms with Crippen molar-refractivity contribution in [3.8, 4) is 0 Å². The SMILES string of the molecule is CCCNC(CN1CCCN(C)CC1CC)C(C)CC. The first-order valence-electron chi connectivity index (χ1n) is 8.78. The van der Waals surface area contributed by atoms with Gasteiger partial charge in [-0.05, 0) is 51.9 Å². The molecule has 0 spiro atoms. The molecular weight excluding hydrogens is 246 g/mol. The van der Waals surface area contributed by atoms with Crippen LogP contribution >= 0.6 is 0 Å². The molecule has 0 bridgehead atoms. The van der Waals surface area contributed by atoms with Gasteiger partial charge in [0, 0.05) is 25.2 Å². The summed E-state index contributed by atoms with van der Waals surface area (Å²) in [4.78, 5) is 5.26. The Bertz CT molecular complexity index is 244. The lowest BCUT2D eigenvalue weighted by atomic mass is 9.97. The molecular formula is C17H37N3. The lowest BCUT2D eigenvalue weighted by molar-refractivity contribution is 0.150. The molecule has 1 heterocycles. The predicted octanol–water partition coefficient (Wildman–Crippen LogP) is 2.82. The number of nitrogens with one attached hydrogen (secondary N) is 1. The van der Waals surface area contributed by atoms with E-state index >= 15 is 0 Å². The maximum atomic E-state index is 3.79. The van der Waals surface area contributed by atoms with Crippen LogP contribution in [0.15, 0.2) is 0 Å². The van der Waals surface area contributed by atoms with Gasteiger partial charge in [-0.25, -0.2) is 0 Å². The molecule has 0 aromatic rings. The second kappa shape index (κ2) is 9.75. The number of hydrogen-bond donors (Lipinski definition) is 1. The molecule has 0 aromatic carbocycles. The minimum Gasteiger partial charge on any atom is -0.312 e. The van der Waals surface area contributed by atoms with Crippen LogP contribution in [0.2, 0.25) is 0 Å². The second-order valence-corrected chi connectivity index (χ2v) is 6.62. The minimum absolute atomic E-state index is 0.650. The molecule has 0 radical (unpaired) electrons. The molecule has 1 aliphatic heterocycles. The highest BCUT2D eigenvalue weighted by Gasteiger charge is 2.26. The van der Waals surface area contributed by atoms with Gasteiger partial charge in [0.15, 0.2) is 0 Å². The van der Waals surface area contributed by atoms with Crippen LogP contribution in [0.5, 0.6) is 0 Å². The van der Waals surface area contributed by atoms with Crippen LogP contribution in [-0.4, -0.2) is 61.7 Å². The van der Waals surface area contributed by atoms with Crippen LogP contribution in [0.25, 0.3) is 0 Å². The van der Waals surface area contributed by atoms with Crippen molar-refractivity contribution < 1.29 is 0 Å². The van der Waals surface area contributed by atoms with Gasteiger partial charge in [0.1, 0.15) is 0 Å². The molecule has 120 valence electrons. The van der Waals surface area contributed by atoms with Crippen molar-refractivity contribution in [3.05, 3.63) is 0 Å². The van der Waals surface area contributed by atoms with Crippen LogP contribution in [0.1, 0.15) is 53.4 Å². The van der Waals surface area contributed by atoms with Gasteiger partial charge in [-0.3, -0.25) is 4.90 Å². The van der Waals surface area contributed by atoms with Crippen LogP contribution in [0, 0.1) is 5.92 Å². The molecule has 3 nitrogen and oxygen atoms in total. The van der Waals surface area contributed by atoms with Gasteiger partial charge < -0.3 is 10.2 Å². The average molecular weight is 284 g/mol. The van der Waals surface area contributed by atoms with E-state index in [0.29, 0.717) is 6.04 Å². The summed E-state index contributed by atoms with van der Waals surface area (Å²) in [5.41, 5.74) is 0. The third kappa shape index (κ3) is 5.71. The van der Waals surface area contributed by atoms with Crippen molar-refractivity contribution in [3.63, 3.8) is 0 Å². The highest BCUT2D eigenvalue weighted by atomic mass is 15.2. The summed E-state index contributed by atoms with van der Waals surface area (Å²) in [6.07, 6.45) is 5.08. The van der Waals surface area contributed by atoms with E-state index < -0.39 is 0 Å². The zero-order chi connectivity index (χ0) is 15.0. The molecule has 0 aliphatic carbocycles. The third-order valence-corrected chi connectivity index (χ3v) is 4.91. The number of likely N-dealkylation sites (N-methyl/N-ethyl adjacent to an activating group) is 1. The van der Waals surface area contributed by atoms with E-state index in [1.54, 1.807) is 0 Å². The van der Waals surface area contributed by atoms with E-state index in [1.165, 1.54) is 51.9 Å². The van der Waals surface area contributed by atoms with Gasteiger partial charge >= 0.3 is 0 Å². The fraction of sp³-hybridized carbons (Fsp3) is 1.00. The first kappa shape index (κ1) is 17.9. The second-order valence-electron chi connectivity index (χ2n) is 6.62. The molecule has 3 heteroatoms. The van der Waals surface area contributed by atoms with Gasteiger partial charge in [0.05, 0.1) is 0 Å². The Labute approximate surface area is 127 Å². The molecule has 20 heavy (non-hydrogen) atoms. The summed E-state index contributed by atoms with van der Waals surface area (Å²) in [5.74, 6) is 0.764. The molecule has 0 amide bonds. The molecule has 1 saturated heterocycles. The van der Waals surface area contributed by atoms with Crippen molar-refractivity contribution in [2.75, 3.05) is 39.8 Å². The van der Waals surface area contributed by atoms with Gasteiger partial charge in [-0.2, -0.15) is 0 Å². The van der Waals surface area contributed by atoms with Crippen molar-refractivity contribution in [1.82, 2.24) is 15.1 Å². The Morgan fingerprint density at radius 1 is 1.20 bits per heavy atom. The fourth-order valence-electron chi connectivity index (χ4n) is 3.23. The summed E-state index contributed by atoms with van der Waals surface area (Å²) in [6.45, 7) is 15.5. The van der Waals surface area contributed by atoms with E-state index in [-0.39, 0.29) is 0 Å². The summed E-state index contributed by atoms with van der Waals surface area (Å²) < 4.78 is 0. The molecule has 3 unspecified atom stereocenters. The van der Waals surface area contributed by atoms with E-state index in [0.717, 1.165) is 18.5 Å². The minimum atomic E-state index is 0.650. The van der Waals surface area contributed by atoms with Gasteiger partial charge in [0.25, 0.3) is 0 Å². The summed E-state index contributed by atoms with van der Waals surface area (Å²) in [5, 5.41) is 3.79. The number of hydrogen-bond acceptors (Lipinski definition) is 3. The zero-order valence-corrected chi connectivity index (χ0v) is 14.5. The van der Waals surface area contributed by atoms with Crippen LogP contribution in [-0.2, 0) is 0 Å². The molecule has 3 atom stereocenters. The standard InChI is InChI=1S/C17H37N3/c1-6-10-18-17(15(4)7-2)14-20-12-9-11-19(5)13-16(20)8-3/h15-18H,6-14H2,1-5H3. The van der Waals surface area contributed by atoms with Crippen LogP contribution < -0.4 is 5.32 Å². The van der Waals surface area contributed by atoms with Crippen molar-refractivity contribution in [2.24, 2.45) is 5.92 Å².